The lowest BCUT2D eigenvalue weighted by atomic mass is 10.2. The van der Waals surface area contributed by atoms with Crippen molar-refractivity contribution in [3.63, 3.8) is 0 Å². The van der Waals surface area contributed by atoms with Crippen LogP contribution in [0.5, 0.6) is 0 Å². The van der Waals surface area contributed by atoms with Gasteiger partial charge in [0.2, 0.25) is 0 Å². The molecule has 1 rings (SSSR count). The van der Waals surface area contributed by atoms with Crippen LogP contribution in [0.15, 0.2) is 0 Å². The SMILES string of the molecule is O=S(=O)(CCCCCCOCC1CO1)[N-]S(=O)(=O)C(F)(F)F. The zero-order valence-corrected chi connectivity index (χ0v) is 13.2. The summed E-state index contributed by atoms with van der Waals surface area (Å²) in [5, 5.41) is 0. The third kappa shape index (κ3) is 7.72. The number of epoxide rings is 1. The number of halogens is 3. The highest BCUT2D eigenvalue weighted by molar-refractivity contribution is 8.12. The van der Waals surface area contributed by atoms with E-state index in [2.05, 4.69) is 0 Å². The van der Waals surface area contributed by atoms with Crippen LogP contribution in [0.25, 0.3) is 4.13 Å². The Kier molecular flexibility index (Phi) is 7.05. The number of sulfonamides is 2. The van der Waals surface area contributed by atoms with Crippen LogP contribution in [-0.2, 0) is 29.5 Å². The fraction of sp³-hybridized carbons (Fsp3) is 1.00. The summed E-state index contributed by atoms with van der Waals surface area (Å²) in [6.45, 7) is 1.70. The monoisotopic (exact) mass is 368 g/mol. The molecular weight excluding hydrogens is 351 g/mol. The van der Waals surface area contributed by atoms with Crippen molar-refractivity contribution in [3.05, 3.63) is 4.13 Å². The average molecular weight is 368 g/mol. The number of alkyl halides is 3. The van der Waals surface area contributed by atoms with Crippen molar-refractivity contribution in [1.82, 2.24) is 0 Å². The summed E-state index contributed by atoms with van der Waals surface area (Å²) in [5.74, 6) is -0.737. The molecule has 0 N–H and O–H groups in total. The van der Waals surface area contributed by atoms with Gasteiger partial charge in [-0.15, -0.1) is 0 Å². The van der Waals surface area contributed by atoms with Gasteiger partial charge in [0, 0.05) is 12.4 Å². The number of ether oxygens (including phenoxy) is 2. The molecule has 12 heteroatoms. The first-order valence-corrected chi connectivity index (χ1v) is 9.56. The van der Waals surface area contributed by atoms with Crippen LogP contribution < -0.4 is 0 Å². The first kappa shape index (κ1) is 19.6. The molecule has 0 spiro atoms. The third-order valence-electron chi connectivity index (χ3n) is 2.65. The predicted octanol–water partition coefficient (Wildman–Crippen LogP) is 1.52. The lowest BCUT2D eigenvalue weighted by Gasteiger charge is -2.21. The van der Waals surface area contributed by atoms with Gasteiger partial charge in [-0.1, -0.05) is 12.8 Å². The number of unbranched alkanes of at least 4 members (excludes halogenated alkanes) is 3. The van der Waals surface area contributed by atoms with Crippen molar-refractivity contribution >= 4 is 20.0 Å². The smallest absolute Gasteiger partial charge is 0.428 e. The first-order chi connectivity index (χ1) is 10.0. The molecule has 0 aromatic rings. The number of hydrogen-bond donors (Lipinski definition) is 0. The Hall–Kier alpha value is -0.430. The van der Waals surface area contributed by atoms with E-state index < -0.39 is 31.3 Å². The third-order valence-corrected chi connectivity index (χ3v) is 5.73. The first-order valence-electron chi connectivity index (χ1n) is 6.51. The van der Waals surface area contributed by atoms with Gasteiger partial charge in [0.1, 0.15) is 6.10 Å². The highest BCUT2D eigenvalue weighted by atomic mass is 32.3. The molecule has 0 bridgehead atoms. The Morgan fingerprint density at radius 3 is 2.23 bits per heavy atom. The number of hydrogen-bond acceptors (Lipinski definition) is 6. The molecule has 0 amide bonds. The van der Waals surface area contributed by atoms with Gasteiger partial charge in [-0.2, -0.15) is 13.2 Å². The summed E-state index contributed by atoms with van der Waals surface area (Å²) in [6, 6.07) is 0. The molecule has 1 fully saturated rings. The summed E-state index contributed by atoms with van der Waals surface area (Å²) in [5.41, 5.74) is -5.71. The van der Waals surface area contributed by atoms with Crippen molar-refractivity contribution in [2.75, 3.05) is 25.6 Å². The van der Waals surface area contributed by atoms with Crippen LogP contribution >= 0.6 is 0 Å². The Morgan fingerprint density at radius 1 is 1.09 bits per heavy atom. The molecule has 1 aliphatic heterocycles. The quantitative estimate of drug-likeness (QED) is 0.404. The maximum atomic E-state index is 12.0. The van der Waals surface area contributed by atoms with Crippen molar-refractivity contribution in [2.45, 2.75) is 37.3 Å². The van der Waals surface area contributed by atoms with Gasteiger partial charge < -0.3 is 13.6 Å². The molecule has 1 atom stereocenters. The average Bonchev–Trinajstić information content (AvgIpc) is 3.13. The molecule has 0 aromatic heterocycles. The van der Waals surface area contributed by atoms with E-state index in [9.17, 15) is 30.0 Å². The Labute approximate surface area is 127 Å². The van der Waals surface area contributed by atoms with Crippen LogP contribution in [0.2, 0.25) is 0 Å². The fourth-order valence-corrected chi connectivity index (χ4v) is 3.85. The second kappa shape index (κ2) is 7.90. The van der Waals surface area contributed by atoms with Gasteiger partial charge >= 0.3 is 5.51 Å². The topological polar surface area (TPSA) is 104 Å². The van der Waals surface area contributed by atoms with Crippen molar-refractivity contribution < 1.29 is 39.5 Å². The second-order valence-corrected chi connectivity index (χ2v) is 8.31. The largest absolute Gasteiger partial charge is 0.480 e. The highest BCUT2D eigenvalue weighted by Gasteiger charge is 2.40. The number of rotatable bonds is 11. The molecule has 0 aliphatic carbocycles. The lowest BCUT2D eigenvalue weighted by molar-refractivity contribution is -0.0425. The van der Waals surface area contributed by atoms with Gasteiger partial charge in [0.05, 0.1) is 23.2 Å². The Balaban J connectivity index is 2.14. The molecular formula is C10H17F3NO6S2-. The Bertz CT molecular complexity index is 541. The van der Waals surface area contributed by atoms with Crippen molar-refractivity contribution in [3.8, 4) is 0 Å². The van der Waals surface area contributed by atoms with Gasteiger partial charge in [-0.3, -0.25) is 0 Å². The van der Waals surface area contributed by atoms with Crippen LogP contribution in [0.3, 0.4) is 0 Å². The number of nitrogens with zero attached hydrogens (tertiary/aromatic N) is 1. The minimum Gasteiger partial charge on any atom is -0.428 e. The molecule has 1 heterocycles. The molecule has 132 valence electrons. The molecule has 0 aromatic carbocycles. The lowest BCUT2D eigenvalue weighted by Crippen LogP contribution is -2.25. The fourth-order valence-electron chi connectivity index (χ4n) is 1.45. The van der Waals surface area contributed by atoms with E-state index >= 15 is 0 Å². The molecule has 0 saturated carbocycles. The molecule has 7 nitrogen and oxygen atoms in total. The minimum atomic E-state index is -6.01. The molecule has 1 unspecified atom stereocenters. The normalized spacial score (nSPS) is 19.3. The zero-order chi connectivity index (χ0) is 16.9. The van der Waals surface area contributed by atoms with Crippen LogP contribution in [0.4, 0.5) is 13.2 Å². The van der Waals surface area contributed by atoms with E-state index in [1.54, 1.807) is 0 Å². The highest BCUT2D eigenvalue weighted by Crippen LogP contribution is 2.30. The summed E-state index contributed by atoms with van der Waals surface area (Å²) < 4.78 is 91.9. The van der Waals surface area contributed by atoms with E-state index in [0.29, 0.717) is 39.1 Å². The van der Waals surface area contributed by atoms with Crippen molar-refractivity contribution in [1.29, 1.82) is 0 Å². The summed E-state index contributed by atoms with van der Waals surface area (Å²) in [4.78, 5) is 0. The van der Waals surface area contributed by atoms with Crippen molar-refractivity contribution in [2.24, 2.45) is 0 Å². The van der Waals surface area contributed by atoms with E-state index in [0.717, 1.165) is 0 Å². The maximum Gasteiger partial charge on any atom is 0.480 e. The minimum absolute atomic E-state index is 0.0327. The van der Waals surface area contributed by atoms with Crippen LogP contribution in [0.1, 0.15) is 25.7 Å². The van der Waals surface area contributed by atoms with Gasteiger partial charge in [0.15, 0.2) is 10.0 Å². The van der Waals surface area contributed by atoms with Gasteiger partial charge in [-0.25, -0.2) is 16.8 Å². The van der Waals surface area contributed by atoms with E-state index in [1.165, 1.54) is 0 Å². The van der Waals surface area contributed by atoms with E-state index in [-0.39, 0.29) is 12.5 Å². The summed E-state index contributed by atoms with van der Waals surface area (Å²) in [6.07, 6.45) is 1.91. The summed E-state index contributed by atoms with van der Waals surface area (Å²) >= 11 is 0. The van der Waals surface area contributed by atoms with Gasteiger partial charge in [0.25, 0.3) is 0 Å². The molecule has 22 heavy (non-hydrogen) atoms. The Morgan fingerprint density at radius 2 is 1.68 bits per heavy atom. The molecule has 1 saturated heterocycles. The summed E-state index contributed by atoms with van der Waals surface area (Å²) in [7, 11) is -10.7. The van der Waals surface area contributed by atoms with E-state index in [4.69, 9.17) is 9.47 Å². The van der Waals surface area contributed by atoms with Crippen LogP contribution in [0, 0.1) is 0 Å². The van der Waals surface area contributed by atoms with Gasteiger partial charge in [-0.05, 0) is 12.8 Å². The van der Waals surface area contributed by atoms with E-state index in [1.807, 2.05) is 4.13 Å². The van der Waals surface area contributed by atoms with Crippen LogP contribution in [-0.4, -0.2) is 54.0 Å². The zero-order valence-electron chi connectivity index (χ0n) is 11.6. The maximum absolute atomic E-state index is 12.0. The second-order valence-electron chi connectivity index (χ2n) is 4.73. The standard InChI is InChI=1S/C10H17F3NO6S2/c11-10(12,13)22(17,18)14-21(15,16)6-4-2-1-3-5-19-7-9-8-20-9/h9H,1-8H2/q-1. The molecule has 0 radical (unpaired) electrons. The predicted molar refractivity (Wildman–Crippen MR) is 71.1 cm³/mol. The molecule has 1 aliphatic rings.